The Bertz CT molecular complexity index is 390. The zero-order valence-electron chi connectivity index (χ0n) is 12.0. The second-order valence-corrected chi connectivity index (χ2v) is 6.28. The number of esters is 2. The summed E-state index contributed by atoms with van der Waals surface area (Å²) in [5.41, 5.74) is 0. The average molecular weight is 317 g/mol. The van der Waals surface area contributed by atoms with Gasteiger partial charge in [0.25, 0.3) is 0 Å². The van der Waals surface area contributed by atoms with Crippen LogP contribution in [-0.4, -0.2) is 57.0 Å². The Labute approximate surface area is 139 Å². The van der Waals surface area contributed by atoms with Gasteiger partial charge in [-0.15, -0.1) is 0 Å². The Kier molecular flexibility index (Phi) is 11.3. The second-order valence-electron chi connectivity index (χ2n) is 4.00. The second kappa shape index (κ2) is 10.3. The van der Waals surface area contributed by atoms with Crippen LogP contribution >= 0.6 is 7.37 Å². The molecule has 0 saturated heterocycles. The van der Waals surface area contributed by atoms with Crippen LogP contribution < -0.4 is 34.5 Å². The van der Waals surface area contributed by atoms with Crippen molar-refractivity contribution in [1.82, 2.24) is 4.90 Å². The molecule has 0 heterocycles. The van der Waals surface area contributed by atoms with Crippen LogP contribution in [-0.2, 0) is 28.4 Å². The first-order valence-corrected chi connectivity index (χ1v) is 7.34. The van der Waals surface area contributed by atoms with Crippen LogP contribution in [0.1, 0.15) is 6.42 Å². The number of carbonyl (C=O) groups is 3. The molecule has 0 spiro atoms. The van der Waals surface area contributed by atoms with Crippen LogP contribution in [0.4, 0.5) is 0 Å². The van der Waals surface area contributed by atoms with Gasteiger partial charge in [0.2, 0.25) is 6.41 Å². The van der Waals surface area contributed by atoms with Crippen molar-refractivity contribution in [1.29, 1.82) is 0 Å². The first-order chi connectivity index (χ1) is 8.75. The number of amides is 1. The van der Waals surface area contributed by atoms with Crippen molar-refractivity contribution in [2.45, 2.75) is 6.42 Å². The van der Waals surface area contributed by atoms with Gasteiger partial charge in [0.05, 0.1) is 32.8 Å². The third-order valence-electron chi connectivity index (χ3n) is 2.29. The summed E-state index contributed by atoms with van der Waals surface area (Å²) in [6.07, 6.45) is -1.10. The summed E-state index contributed by atoms with van der Waals surface area (Å²) in [4.78, 5) is 45.6. The molecule has 10 heteroatoms. The standard InChI is InChI=1S/C10H18NO7P.Na/c1-11(6-12)7-19(15,16)5-8(10(14)18-3)4-9(13)17-2;/h6,8H,4-5,7H2,1-3H3,(H,15,16);/q;+1/p-1. The Balaban J connectivity index is 0. The topological polar surface area (TPSA) is 113 Å². The Morgan fingerprint density at radius 1 is 1.35 bits per heavy atom. The maximum Gasteiger partial charge on any atom is 1.00 e. The molecular weight excluding hydrogens is 300 g/mol. The molecule has 0 bridgehead atoms. The van der Waals surface area contributed by atoms with E-state index in [0.717, 1.165) is 19.1 Å². The normalized spacial score (nSPS) is 14.2. The van der Waals surface area contributed by atoms with Crippen molar-refractivity contribution in [3.63, 3.8) is 0 Å². The van der Waals surface area contributed by atoms with E-state index >= 15 is 0 Å². The summed E-state index contributed by atoms with van der Waals surface area (Å²) in [5.74, 6) is -2.66. The fraction of sp³-hybridized carbons (Fsp3) is 0.700. The first kappa shape index (κ1) is 21.9. The smallest absolute Gasteiger partial charge is 0.798 e. The molecule has 110 valence electrons. The number of nitrogens with zero attached hydrogens (tertiary/aromatic N) is 1. The number of methoxy groups -OCH3 is 2. The summed E-state index contributed by atoms with van der Waals surface area (Å²) in [6, 6.07) is 0. The molecule has 0 aromatic heterocycles. The largest absolute Gasteiger partial charge is 1.00 e. The molecule has 1 amide bonds. The number of ether oxygens (including phenoxy) is 2. The molecule has 0 aromatic rings. The van der Waals surface area contributed by atoms with E-state index in [4.69, 9.17) is 0 Å². The van der Waals surface area contributed by atoms with Crippen LogP contribution in [0.3, 0.4) is 0 Å². The van der Waals surface area contributed by atoms with Crippen LogP contribution in [0, 0.1) is 5.92 Å². The van der Waals surface area contributed by atoms with E-state index < -0.39 is 37.7 Å². The Hall–Kier alpha value is -0.400. The molecule has 0 rings (SSSR count). The Morgan fingerprint density at radius 3 is 2.30 bits per heavy atom. The van der Waals surface area contributed by atoms with Crippen molar-refractivity contribution < 1.29 is 62.9 Å². The average Bonchev–Trinajstić information content (AvgIpc) is 2.35. The van der Waals surface area contributed by atoms with E-state index in [9.17, 15) is 23.8 Å². The minimum atomic E-state index is -4.02. The number of hydrogen-bond donors (Lipinski definition) is 0. The van der Waals surface area contributed by atoms with E-state index in [1.54, 1.807) is 0 Å². The number of hydrogen-bond acceptors (Lipinski definition) is 7. The van der Waals surface area contributed by atoms with E-state index in [0.29, 0.717) is 6.41 Å². The van der Waals surface area contributed by atoms with E-state index in [-0.39, 0.29) is 36.0 Å². The zero-order valence-corrected chi connectivity index (χ0v) is 14.9. The van der Waals surface area contributed by atoms with Crippen molar-refractivity contribution in [3.8, 4) is 0 Å². The molecule has 8 nitrogen and oxygen atoms in total. The maximum atomic E-state index is 11.8. The van der Waals surface area contributed by atoms with Crippen molar-refractivity contribution in [2.75, 3.05) is 33.7 Å². The minimum absolute atomic E-state index is 0. The van der Waals surface area contributed by atoms with Gasteiger partial charge >= 0.3 is 41.5 Å². The van der Waals surface area contributed by atoms with Gasteiger partial charge in [-0.05, 0) is 0 Å². The molecule has 2 atom stereocenters. The van der Waals surface area contributed by atoms with Crippen LogP contribution in [0.2, 0.25) is 0 Å². The van der Waals surface area contributed by atoms with Crippen molar-refractivity contribution >= 4 is 25.7 Å². The van der Waals surface area contributed by atoms with Gasteiger partial charge in [0.1, 0.15) is 0 Å². The predicted octanol–water partition coefficient (Wildman–Crippen LogP) is -3.97. The van der Waals surface area contributed by atoms with Gasteiger partial charge in [-0.1, -0.05) is 0 Å². The Morgan fingerprint density at radius 2 is 1.90 bits per heavy atom. The fourth-order valence-electron chi connectivity index (χ4n) is 1.44. The summed E-state index contributed by atoms with van der Waals surface area (Å²) >= 11 is 0. The summed E-state index contributed by atoms with van der Waals surface area (Å²) in [7, 11) is -0.493. The van der Waals surface area contributed by atoms with Gasteiger partial charge in [0, 0.05) is 20.6 Å². The van der Waals surface area contributed by atoms with Gasteiger partial charge in [-0.25, -0.2) is 0 Å². The molecule has 0 aliphatic rings. The van der Waals surface area contributed by atoms with Crippen LogP contribution in [0.15, 0.2) is 0 Å². The third-order valence-corrected chi connectivity index (χ3v) is 4.17. The van der Waals surface area contributed by atoms with Gasteiger partial charge in [-0.3, -0.25) is 14.4 Å². The fourth-order valence-corrected chi connectivity index (χ4v) is 3.25. The van der Waals surface area contributed by atoms with Crippen molar-refractivity contribution in [2.24, 2.45) is 5.92 Å². The predicted molar refractivity (Wildman–Crippen MR) is 63.3 cm³/mol. The number of carbonyl (C=O) groups excluding carboxylic acids is 3. The van der Waals surface area contributed by atoms with E-state index in [1.807, 2.05) is 0 Å². The molecule has 0 fully saturated rings. The molecule has 0 radical (unpaired) electrons. The molecule has 0 N–H and O–H groups in total. The van der Waals surface area contributed by atoms with E-state index in [1.165, 1.54) is 7.05 Å². The molecule has 0 aliphatic heterocycles. The summed E-state index contributed by atoms with van der Waals surface area (Å²) in [5, 5.41) is 0. The summed E-state index contributed by atoms with van der Waals surface area (Å²) < 4.78 is 20.6. The first-order valence-electron chi connectivity index (χ1n) is 5.35. The maximum absolute atomic E-state index is 11.8. The van der Waals surface area contributed by atoms with Gasteiger partial charge in [0.15, 0.2) is 0 Å². The minimum Gasteiger partial charge on any atom is -0.798 e. The summed E-state index contributed by atoms with van der Waals surface area (Å²) in [6.45, 7) is 0. The molecule has 2 unspecified atom stereocenters. The number of rotatable bonds is 8. The molecule has 20 heavy (non-hydrogen) atoms. The van der Waals surface area contributed by atoms with E-state index in [2.05, 4.69) is 9.47 Å². The van der Waals surface area contributed by atoms with Gasteiger partial charge < -0.3 is 23.8 Å². The zero-order chi connectivity index (χ0) is 15.1. The third kappa shape index (κ3) is 8.71. The SMILES string of the molecule is COC(=O)CC(CP(=O)([O-])CN(C)C=O)C(=O)OC.[Na+]. The molecular formula is C10H17NNaO7P. The molecule has 0 aromatic carbocycles. The van der Waals surface area contributed by atoms with Crippen molar-refractivity contribution in [3.05, 3.63) is 0 Å². The monoisotopic (exact) mass is 317 g/mol. The molecule has 0 saturated carbocycles. The quantitative estimate of drug-likeness (QED) is 0.194. The molecule has 0 aliphatic carbocycles. The van der Waals surface area contributed by atoms with Crippen LogP contribution in [0.5, 0.6) is 0 Å². The van der Waals surface area contributed by atoms with Gasteiger partial charge in [-0.2, -0.15) is 0 Å². The van der Waals surface area contributed by atoms with Crippen LogP contribution in [0.25, 0.3) is 0 Å².